The quantitative estimate of drug-likeness (QED) is 0.637. The summed E-state index contributed by atoms with van der Waals surface area (Å²) in [6.45, 7) is 3.92. The summed E-state index contributed by atoms with van der Waals surface area (Å²) in [6, 6.07) is 16.6. The van der Waals surface area contributed by atoms with Crippen LogP contribution >= 0.6 is 12.2 Å². The molecule has 1 N–H and O–H groups in total. The van der Waals surface area contributed by atoms with Crippen molar-refractivity contribution in [3.8, 4) is 0 Å². The number of benzene rings is 2. The van der Waals surface area contributed by atoms with Crippen molar-refractivity contribution in [1.82, 2.24) is 9.80 Å². The van der Waals surface area contributed by atoms with Crippen molar-refractivity contribution in [2.45, 2.75) is 18.9 Å². The molecule has 0 atom stereocenters. The molecule has 1 heterocycles. The normalized spacial score (nSPS) is 17.2. The van der Waals surface area contributed by atoms with E-state index in [1.807, 2.05) is 12.1 Å². The molecule has 0 radical (unpaired) electrons. The van der Waals surface area contributed by atoms with Crippen LogP contribution in [0.3, 0.4) is 0 Å². The minimum atomic E-state index is -0.334. The third-order valence-electron chi connectivity index (χ3n) is 5.70. The summed E-state index contributed by atoms with van der Waals surface area (Å²) >= 11 is 5.60. The molecule has 2 aromatic rings. The van der Waals surface area contributed by atoms with E-state index in [1.165, 1.54) is 18.2 Å². The van der Waals surface area contributed by atoms with Crippen molar-refractivity contribution in [3.63, 3.8) is 0 Å². The molecule has 146 valence electrons. The first-order chi connectivity index (χ1) is 13.6. The minimum Gasteiger partial charge on any atom is -0.465 e. The molecule has 4 rings (SSSR count). The van der Waals surface area contributed by atoms with Gasteiger partial charge in [0.1, 0.15) is 0 Å². The first-order valence-corrected chi connectivity index (χ1v) is 10.1. The summed E-state index contributed by atoms with van der Waals surface area (Å²) in [5, 5.41) is 4.02. The van der Waals surface area contributed by atoms with Crippen molar-refractivity contribution in [2.75, 3.05) is 38.6 Å². The number of nitrogens with one attached hydrogen (secondary N) is 1. The number of hydrogen-bond donors (Lipinski definition) is 1. The highest BCUT2D eigenvalue weighted by molar-refractivity contribution is 7.80. The van der Waals surface area contributed by atoms with E-state index in [9.17, 15) is 4.79 Å². The number of methoxy groups -OCH3 is 1. The van der Waals surface area contributed by atoms with Crippen molar-refractivity contribution in [1.29, 1.82) is 0 Å². The lowest BCUT2D eigenvalue weighted by atomic mass is 10.1. The van der Waals surface area contributed by atoms with Gasteiger partial charge in [0.25, 0.3) is 0 Å². The molecule has 0 spiro atoms. The summed E-state index contributed by atoms with van der Waals surface area (Å²) in [5.74, 6) is -0.334. The molecule has 5 nitrogen and oxygen atoms in total. The Morgan fingerprint density at radius 1 is 1.00 bits per heavy atom. The van der Waals surface area contributed by atoms with Crippen LogP contribution in [0.5, 0.6) is 0 Å². The van der Waals surface area contributed by atoms with Gasteiger partial charge in [-0.3, -0.25) is 4.90 Å². The molecule has 1 aliphatic carbocycles. The smallest absolute Gasteiger partial charge is 0.337 e. The Bertz CT molecular complexity index is 835. The van der Waals surface area contributed by atoms with E-state index < -0.39 is 0 Å². The fraction of sp³-hybridized carbons (Fsp3) is 0.364. The first kappa shape index (κ1) is 18.9. The number of esters is 1. The van der Waals surface area contributed by atoms with Crippen LogP contribution in [0.2, 0.25) is 0 Å². The van der Waals surface area contributed by atoms with Crippen LogP contribution in [0.4, 0.5) is 5.69 Å². The highest BCUT2D eigenvalue weighted by atomic mass is 32.1. The zero-order chi connectivity index (χ0) is 19.5. The maximum Gasteiger partial charge on any atom is 0.337 e. The number of nitrogens with zero attached hydrogens (tertiary/aromatic N) is 2. The van der Waals surface area contributed by atoms with E-state index in [-0.39, 0.29) is 5.97 Å². The maximum atomic E-state index is 11.5. The van der Waals surface area contributed by atoms with Crippen LogP contribution in [-0.2, 0) is 17.6 Å². The number of hydrogen-bond acceptors (Lipinski definition) is 4. The van der Waals surface area contributed by atoms with Gasteiger partial charge in [-0.15, -0.1) is 0 Å². The molecule has 2 aliphatic rings. The van der Waals surface area contributed by atoms with Gasteiger partial charge in [0.05, 0.1) is 12.7 Å². The van der Waals surface area contributed by atoms with Crippen LogP contribution in [0.25, 0.3) is 0 Å². The summed E-state index contributed by atoms with van der Waals surface area (Å²) in [4.78, 5) is 16.4. The van der Waals surface area contributed by atoms with Crippen molar-refractivity contribution >= 4 is 29.0 Å². The fourth-order valence-corrected chi connectivity index (χ4v) is 4.39. The monoisotopic (exact) mass is 395 g/mol. The van der Waals surface area contributed by atoms with Gasteiger partial charge in [-0.25, -0.2) is 4.79 Å². The summed E-state index contributed by atoms with van der Waals surface area (Å²) in [5.41, 5.74) is 4.42. The zero-order valence-electron chi connectivity index (χ0n) is 16.1. The summed E-state index contributed by atoms with van der Waals surface area (Å²) < 4.78 is 4.73. The molecular formula is C22H25N3O2S. The second-order valence-corrected chi connectivity index (χ2v) is 7.74. The topological polar surface area (TPSA) is 44.8 Å². The second-order valence-electron chi connectivity index (χ2n) is 7.35. The lowest BCUT2D eigenvalue weighted by Gasteiger charge is -2.39. The molecule has 0 unspecified atom stereocenters. The van der Waals surface area contributed by atoms with Gasteiger partial charge in [0, 0.05) is 37.9 Å². The second kappa shape index (κ2) is 8.29. The predicted octanol–water partition coefficient (Wildman–Crippen LogP) is 2.96. The van der Waals surface area contributed by atoms with E-state index in [2.05, 4.69) is 39.4 Å². The molecule has 6 heteroatoms. The van der Waals surface area contributed by atoms with Crippen molar-refractivity contribution in [3.05, 3.63) is 65.2 Å². The van der Waals surface area contributed by atoms with Crippen LogP contribution in [0.1, 0.15) is 21.5 Å². The Balaban J connectivity index is 1.28. The largest absolute Gasteiger partial charge is 0.465 e. The molecule has 0 amide bonds. The van der Waals surface area contributed by atoms with Gasteiger partial charge in [-0.05, 0) is 60.5 Å². The molecule has 2 aromatic carbocycles. The molecular weight excluding hydrogens is 370 g/mol. The van der Waals surface area contributed by atoms with Crippen LogP contribution < -0.4 is 5.32 Å². The molecule has 1 fully saturated rings. The number of rotatable bonds is 3. The van der Waals surface area contributed by atoms with E-state index in [4.69, 9.17) is 17.0 Å². The highest BCUT2D eigenvalue weighted by Gasteiger charge is 2.29. The number of fused-ring (bicyclic) bond motifs is 1. The summed E-state index contributed by atoms with van der Waals surface area (Å²) in [7, 11) is 1.38. The maximum absolute atomic E-state index is 11.5. The van der Waals surface area contributed by atoms with Gasteiger partial charge in [0.2, 0.25) is 0 Å². The van der Waals surface area contributed by atoms with E-state index in [0.717, 1.165) is 49.8 Å². The standard InChI is InChI=1S/C22H25N3O2S/c1-27-21(26)16-6-8-19(9-7-16)23-22(28)25-12-10-24(11-13-25)20-14-17-4-2-3-5-18(17)15-20/h2-9,20H,10-15H2,1H3,(H,23,28). The van der Waals surface area contributed by atoms with Crippen LogP contribution in [-0.4, -0.2) is 60.2 Å². The molecule has 28 heavy (non-hydrogen) atoms. The minimum absolute atomic E-state index is 0.334. The molecule has 1 aliphatic heterocycles. The Labute approximate surface area is 171 Å². The number of carbonyl (C=O) groups is 1. The lowest BCUT2D eigenvalue weighted by molar-refractivity contribution is 0.0601. The van der Waals surface area contributed by atoms with Crippen molar-refractivity contribution in [2.24, 2.45) is 0 Å². The molecule has 0 bridgehead atoms. The van der Waals surface area contributed by atoms with Crippen LogP contribution in [0.15, 0.2) is 48.5 Å². The Kier molecular flexibility index (Phi) is 5.59. The zero-order valence-corrected chi connectivity index (χ0v) is 16.9. The van der Waals surface area contributed by atoms with E-state index in [1.54, 1.807) is 12.1 Å². The van der Waals surface area contributed by atoms with Gasteiger partial charge < -0.3 is 15.0 Å². The van der Waals surface area contributed by atoms with E-state index >= 15 is 0 Å². The van der Waals surface area contributed by atoms with Gasteiger partial charge >= 0.3 is 5.97 Å². The predicted molar refractivity (Wildman–Crippen MR) is 115 cm³/mol. The van der Waals surface area contributed by atoms with Gasteiger partial charge in [0.15, 0.2) is 5.11 Å². The number of thiocarbonyl (C=S) groups is 1. The molecule has 0 aromatic heterocycles. The van der Waals surface area contributed by atoms with Gasteiger partial charge in [-0.1, -0.05) is 24.3 Å². The number of anilines is 1. The number of carbonyl (C=O) groups excluding carboxylic acids is 1. The molecule has 1 saturated heterocycles. The average Bonchev–Trinajstić information content (AvgIpc) is 3.18. The highest BCUT2D eigenvalue weighted by Crippen LogP contribution is 2.26. The van der Waals surface area contributed by atoms with E-state index in [0.29, 0.717) is 11.6 Å². The van der Waals surface area contributed by atoms with Gasteiger partial charge in [-0.2, -0.15) is 0 Å². The Morgan fingerprint density at radius 2 is 1.61 bits per heavy atom. The Morgan fingerprint density at radius 3 is 2.18 bits per heavy atom. The number of ether oxygens (including phenoxy) is 1. The third kappa shape index (κ3) is 4.03. The average molecular weight is 396 g/mol. The Hall–Kier alpha value is -2.44. The van der Waals surface area contributed by atoms with Crippen molar-refractivity contribution < 1.29 is 9.53 Å². The number of piperazine rings is 1. The molecule has 0 saturated carbocycles. The first-order valence-electron chi connectivity index (χ1n) is 9.69. The fourth-order valence-electron chi connectivity index (χ4n) is 4.09. The lowest BCUT2D eigenvalue weighted by Crippen LogP contribution is -2.53. The van der Waals surface area contributed by atoms with Crippen LogP contribution in [0, 0.1) is 0 Å². The third-order valence-corrected chi connectivity index (χ3v) is 6.06. The SMILES string of the molecule is COC(=O)c1ccc(NC(=S)N2CCN(C3Cc4ccccc4C3)CC2)cc1. The summed E-state index contributed by atoms with van der Waals surface area (Å²) in [6.07, 6.45) is 2.32.